The van der Waals surface area contributed by atoms with Crippen LogP contribution in [0, 0.1) is 0 Å². The van der Waals surface area contributed by atoms with Gasteiger partial charge in [0.05, 0.1) is 13.7 Å². The summed E-state index contributed by atoms with van der Waals surface area (Å²) < 4.78 is 10.6. The van der Waals surface area contributed by atoms with Crippen LogP contribution in [0.3, 0.4) is 0 Å². The zero-order valence-electron chi connectivity index (χ0n) is 12.1. The van der Waals surface area contributed by atoms with Gasteiger partial charge in [-0.25, -0.2) is 0 Å². The topological polar surface area (TPSA) is 30.5 Å². The molecule has 3 heteroatoms. The van der Waals surface area contributed by atoms with E-state index in [2.05, 4.69) is 23.5 Å². The molecule has 2 aromatic rings. The van der Waals surface area contributed by atoms with E-state index in [1.165, 1.54) is 11.1 Å². The molecule has 0 spiro atoms. The molecule has 20 heavy (non-hydrogen) atoms. The first kappa shape index (κ1) is 14.4. The second-order valence-electron chi connectivity index (χ2n) is 4.53. The van der Waals surface area contributed by atoms with Crippen molar-refractivity contribution < 1.29 is 9.47 Å². The van der Waals surface area contributed by atoms with Crippen molar-refractivity contribution in [2.45, 2.75) is 20.0 Å². The lowest BCUT2D eigenvalue weighted by molar-refractivity contribution is 0.340. The number of hydrogen-bond donors (Lipinski definition) is 1. The van der Waals surface area contributed by atoms with Crippen molar-refractivity contribution >= 4 is 0 Å². The average molecular weight is 271 g/mol. The van der Waals surface area contributed by atoms with Gasteiger partial charge in [0.15, 0.2) is 0 Å². The highest BCUT2D eigenvalue weighted by Crippen LogP contribution is 2.14. The van der Waals surface area contributed by atoms with Crippen molar-refractivity contribution in [2.75, 3.05) is 13.7 Å². The molecule has 2 rings (SSSR count). The van der Waals surface area contributed by atoms with Gasteiger partial charge in [0.25, 0.3) is 0 Å². The maximum atomic E-state index is 5.43. The molecule has 3 nitrogen and oxygen atoms in total. The molecule has 0 aromatic heterocycles. The fourth-order valence-corrected chi connectivity index (χ4v) is 2.00. The van der Waals surface area contributed by atoms with Gasteiger partial charge in [0.1, 0.15) is 11.5 Å². The molecular formula is C17H21NO2. The van der Waals surface area contributed by atoms with Crippen LogP contribution in [-0.2, 0) is 13.1 Å². The molecule has 0 saturated heterocycles. The van der Waals surface area contributed by atoms with E-state index in [-0.39, 0.29) is 0 Å². The number of methoxy groups -OCH3 is 1. The molecule has 0 saturated carbocycles. The van der Waals surface area contributed by atoms with E-state index in [9.17, 15) is 0 Å². The minimum absolute atomic E-state index is 0.702. The van der Waals surface area contributed by atoms with Crippen LogP contribution in [0.1, 0.15) is 18.1 Å². The molecule has 0 amide bonds. The summed E-state index contributed by atoms with van der Waals surface area (Å²) in [6, 6.07) is 16.3. The lowest BCUT2D eigenvalue weighted by Gasteiger charge is -2.08. The quantitative estimate of drug-likeness (QED) is 0.837. The standard InChI is InChI=1S/C17H21NO2/c1-3-20-16-9-7-14(8-10-16)12-18-13-15-5-4-6-17(11-15)19-2/h4-11,18H,3,12-13H2,1-2H3. The van der Waals surface area contributed by atoms with Crippen LogP contribution in [-0.4, -0.2) is 13.7 Å². The van der Waals surface area contributed by atoms with Crippen molar-refractivity contribution in [1.82, 2.24) is 5.32 Å². The van der Waals surface area contributed by atoms with E-state index in [4.69, 9.17) is 9.47 Å². The van der Waals surface area contributed by atoms with E-state index in [0.717, 1.165) is 24.6 Å². The monoisotopic (exact) mass is 271 g/mol. The van der Waals surface area contributed by atoms with Gasteiger partial charge in [-0.1, -0.05) is 24.3 Å². The van der Waals surface area contributed by atoms with E-state index in [1.54, 1.807) is 7.11 Å². The molecule has 0 aliphatic rings. The van der Waals surface area contributed by atoms with Crippen LogP contribution in [0.2, 0.25) is 0 Å². The molecule has 0 unspecified atom stereocenters. The van der Waals surface area contributed by atoms with Gasteiger partial charge >= 0.3 is 0 Å². The summed E-state index contributed by atoms with van der Waals surface area (Å²) in [7, 11) is 1.69. The zero-order chi connectivity index (χ0) is 14.2. The third kappa shape index (κ3) is 4.28. The second-order valence-corrected chi connectivity index (χ2v) is 4.53. The Kier molecular flexibility index (Phi) is 5.44. The Labute approximate surface area is 120 Å². The Morgan fingerprint density at radius 2 is 1.65 bits per heavy atom. The van der Waals surface area contributed by atoms with Gasteiger partial charge in [0, 0.05) is 13.1 Å². The lowest BCUT2D eigenvalue weighted by Crippen LogP contribution is -2.12. The molecule has 2 aromatic carbocycles. The van der Waals surface area contributed by atoms with Crippen molar-refractivity contribution in [1.29, 1.82) is 0 Å². The van der Waals surface area contributed by atoms with Gasteiger partial charge in [-0.2, -0.15) is 0 Å². The SMILES string of the molecule is CCOc1ccc(CNCc2cccc(OC)c2)cc1. The number of hydrogen-bond acceptors (Lipinski definition) is 3. The Morgan fingerprint density at radius 3 is 2.35 bits per heavy atom. The number of nitrogens with one attached hydrogen (secondary N) is 1. The summed E-state index contributed by atoms with van der Waals surface area (Å²) in [6.45, 7) is 4.35. The first-order valence-corrected chi connectivity index (χ1v) is 6.87. The number of benzene rings is 2. The molecular weight excluding hydrogens is 250 g/mol. The molecule has 0 fully saturated rings. The number of ether oxygens (including phenoxy) is 2. The summed E-state index contributed by atoms with van der Waals surface area (Å²) in [5, 5.41) is 3.42. The maximum Gasteiger partial charge on any atom is 0.119 e. The second kappa shape index (κ2) is 7.56. The van der Waals surface area contributed by atoms with Crippen molar-refractivity contribution in [3.8, 4) is 11.5 Å². The van der Waals surface area contributed by atoms with E-state index in [0.29, 0.717) is 6.61 Å². The molecule has 0 heterocycles. The normalized spacial score (nSPS) is 10.3. The summed E-state index contributed by atoms with van der Waals surface area (Å²) >= 11 is 0. The van der Waals surface area contributed by atoms with Crippen LogP contribution >= 0.6 is 0 Å². The lowest BCUT2D eigenvalue weighted by atomic mass is 10.2. The van der Waals surface area contributed by atoms with Gasteiger partial charge in [0.2, 0.25) is 0 Å². The van der Waals surface area contributed by atoms with Crippen molar-refractivity contribution in [2.24, 2.45) is 0 Å². The van der Waals surface area contributed by atoms with Crippen LogP contribution in [0.4, 0.5) is 0 Å². The predicted molar refractivity (Wildman–Crippen MR) is 81.1 cm³/mol. The van der Waals surface area contributed by atoms with E-state index < -0.39 is 0 Å². The minimum atomic E-state index is 0.702. The Balaban J connectivity index is 1.82. The van der Waals surface area contributed by atoms with Crippen LogP contribution < -0.4 is 14.8 Å². The fraction of sp³-hybridized carbons (Fsp3) is 0.294. The van der Waals surface area contributed by atoms with Crippen LogP contribution in [0.5, 0.6) is 11.5 Å². The van der Waals surface area contributed by atoms with Crippen LogP contribution in [0.25, 0.3) is 0 Å². The third-order valence-electron chi connectivity index (χ3n) is 3.03. The molecule has 106 valence electrons. The molecule has 0 atom stereocenters. The Bertz CT molecular complexity index is 523. The molecule has 0 radical (unpaired) electrons. The van der Waals surface area contributed by atoms with Crippen LogP contribution in [0.15, 0.2) is 48.5 Å². The van der Waals surface area contributed by atoms with Gasteiger partial charge in [-0.15, -0.1) is 0 Å². The highest BCUT2D eigenvalue weighted by atomic mass is 16.5. The maximum absolute atomic E-state index is 5.43. The predicted octanol–water partition coefficient (Wildman–Crippen LogP) is 3.38. The zero-order valence-corrected chi connectivity index (χ0v) is 12.1. The van der Waals surface area contributed by atoms with E-state index in [1.807, 2.05) is 37.3 Å². The first-order chi connectivity index (χ1) is 9.81. The van der Waals surface area contributed by atoms with E-state index >= 15 is 0 Å². The van der Waals surface area contributed by atoms with Crippen molar-refractivity contribution in [3.63, 3.8) is 0 Å². The average Bonchev–Trinajstić information content (AvgIpc) is 2.50. The molecule has 0 aliphatic heterocycles. The fourth-order valence-electron chi connectivity index (χ4n) is 2.00. The third-order valence-corrected chi connectivity index (χ3v) is 3.03. The Morgan fingerprint density at radius 1 is 0.900 bits per heavy atom. The largest absolute Gasteiger partial charge is 0.497 e. The smallest absolute Gasteiger partial charge is 0.119 e. The van der Waals surface area contributed by atoms with Crippen molar-refractivity contribution in [3.05, 3.63) is 59.7 Å². The molecule has 0 bridgehead atoms. The van der Waals surface area contributed by atoms with Gasteiger partial charge in [-0.3, -0.25) is 0 Å². The van der Waals surface area contributed by atoms with Gasteiger partial charge in [-0.05, 0) is 42.3 Å². The minimum Gasteiger partial charge on any atom is -0.497 e. The highest BCUT2D eigenvalue weighted by molar-refractivity contribution is 5.29. The summed E-state index contributed by atoms with van der Waals surface area (Å²) in [4.78, 5) is 0. The molecule has 1 N–H and O–H groups in total. The Hall–Kier alpha value is -2.00. The summed E-state index contributed by atoms with van der Waals surface area (Å²) in [6.07, 6.45) is 0. The molecule has 0 aliphatic carbocycles. The summed E-state index contributed by atoms with van der Waals surface area (Å²) in [5.41, 5.74) is 2.46. The van der Waals surface area contributed by atoms with Gasteiger partial charge < -0.3 is 14.8 Å². The summed E-state index contributed by atoms with van der Waals surface area (Å²) in [5.74, 6) is 1.81. The highest BCUT2D eigenvalue weighted by Gasteiger charge is 1.97. The number of rotatable bonds is 7. The first-order valence-electron chi connectivity index (χ1n) is 6.87.